The summed E-state index contributed by atoms with van der Waals surface area (Å²) in [5.74, 6) is -2.11. The van der Waals surface area contributed by atoms with Crippen LogP contribution < -0.4 is 10.6 Å². The largest absolute Gasteiger partial charge is 0.373 e. The molecule has 1 aromatic carbocycles. The predicted octanol–water partition coefficient (Wildman–Crippen LogP) is 3.16. The molecule has 3 rings (SSSR count). The van der Waals surface area contributed by atoms with E-state index in [-0.39, 0.29) is 35.0 Å². The van der Waals surface area contributed by atoms with Crippen LogP contribution in [0, 0.1) is 11.6 Å². The van der Waals surface area contributed by atoms with Crippen molar-refractivity contribution in [3.63, 3.8) is 0 Å². The molecule has 1 unspecified atom stereocenters. The number of anilines is 1. The maximum absolute atomic E-state index is 14.7. The van der Waals surface area contributed by atoms with E-state index < -0.39 is 23.6 Å². The van der Waals surface area contributed by atoms with Gasteiger partial charge in [0, 0.05) is 23.2 Å². The molecule has 148 valence electrons. The maximum Gasteiger partial charge on any atom is 0.249 e. The molecule has 7 heteroatoms. The Hall–Kier alpha value is -2.02. The minimum atomic E-state index is -0.664. The highest BCUT2D eigenvalue weighted by Gasteiger charge is 2.31. The first-order valence-corrected chi connectivity index (χ1v) is 9.49. The fourth-order valence-corrected chi connectivity index (χ4v) is 3.93. The molecule has 2 heterocycles. The van der Waals surface area contributed by atoms with Gasteiger partial charge in [0.05, 0.1) is 0 Å². The third kappa shape index (κ3) is 4.46. The number of rotatable bonds is 3. The highest BCUT2D eigenvalue weighted by atomic mass is 19.1. The maximum atomic E-state index is 14.7. The molecule has 0 aliphatic carbocycles. The van der Waals surface area contributed by atoms with Crippen LogP contribution >= 0.6 is 0 Å². The lowest BCUT2D eigenvalue weighted by Crippen LogP contribution is -2.47. The molecule has 2 saturated heterocycles. The topological polar surface area (TPSA) is 61.4 Å². The van der Waals surface area contributed by atoms with Gasteiger partial charge in [-0.25, -0.2) is 8.78 Å². The number of carbonyl (C=O) groups excluding carboxylic acids is 2. The Morgan fingerprint density at radius 1 is 1.07 bits per heavy atom. The lowest BCUT2D eigenvalue weighted by atomic mass is 9.86. The van der Waals surface area contributed by atoms with E-state index in [9.17, 15) is 18.4 Å². The third-order valence-electron chi connectivity index (χ3n) is 5.51. The standard InChI is InChI=1S/C20H27F2N3O2/c1-20(2,3)25-8-6-12(7-9-25)18-14(21)10-13(11-15(18)22)23-16-4-5-17(26)24-19(16)27/h10-12,16,23H,4-9H2,1-3H3,(H,24,26,27). The fraction of sp³-hybridized carbons (Fsp3) is 0.600. The van der Waals surface area contributed by atoms with Gasteiger partial charge in [-0.1, -0.05) is 0 Å². The molecule has 0 radical (unpaired) electrons. The molecule has 27 heavy (non-hydrogen) atoms. The average molecular weight is 379 g/mol. The third-order valence-corrected chi connectivity index (χ3v) is 5.51. The highest BCUT2D eigenvalue weighted by Crippen LogP contribution is 2.35. The number of nitrogens with zero attached hydrogens (tertiary/aromatic N) is 1. The van der Waals surface area contributed by atoms with E-state index in [0.717, 1.165) is 13.1 Å². The van der Waals surface area contributed by atoms with Crippen molar-refractivity contribution in [2.45, 2.75) is 64.0 Å². The average Bonchev–Trinajstić information content (AvgIpc) is 2.56. The van der Waals surface area contributed by atoms with Crippen LogP contribution in [0.25, 0.3) is 0 Å². The van der Waals surface area contributed by atoms with Crippen molar-refractivity contribution in [3.8, 4) is 0 Å². The Labute approximate surface area is 158 Å². The number of piperidine rings is 2. The van der Waals surface area contributed by atoms with E-state index in [4.69, 9.17) is 0 Å². The summed E-state index contributed by atoms with van der Waals surface area (Å²) in [6.45, 7) is 8.05. The summed E-state index contributed by atoms with van der Waals surface area (Å²) >= 11 is 0. The number of hydrogen-bond donors (Lipinski definition) is 2. The second-order valence-electron chi connectivity index (χ2n) is 8.43. The number of nitrogens with one attached hydrogen (secondary N) is 2. The normalized spacial score (nSPS) is 22.6. The van der Waals surface area contributed by atoms with Gasteiger partial charge < -0.3 is 5.32 Å². The molecule has 2 N–H and O–H groups in total. The van der Waals surface area contributed by atoms with Crippen molar-refractivity contribution in [1.29, 1.82) is 0 Å². The van der Waals surface area contributed by atoms with E-state index in [0.29, 0.717) is 19.3 Å². The van der Waals surface area contributed by atoms with Crippen LogP contribution in [0.3, 0.4) is 0 Å². The molecule has 1 atom stereocenters. The van der Waals surface area contributed by atoms with Gasteiger partial charge in [0.25, 0.3) is 0 Å². The first-order chi connectivity index (χ1) is 12.6. The van der Waals surface area contributed by atoms with Crippen LogP contribution in [0.15, 0.2) is 12.1 Å². The molecule has 0 aromatic heterocycles. The first-order valence-electron chi connectivity index (χ1n) is 9.49. The van der Waals surface area contributed by atoms with Gasteiger partial charge in [-0.3, -0.25) is 19.8 Å². The van der Waals surface area contributed by atoms with Crippen LogP contribution in [0.2, 0.25) is 0 Å². The molecule has 0 saturated carbocycles. The summed E-state index contributed by atoms with van der Waals surface area (Å²) in [5, 5.41) is 5.06. The van der Waals surface area contributed by atoms with Crippen molar-refractivity contribution < 1.29 is 18.4 Å². The zero-order valence-corrected chi connectivity index (χ0v) is 16.1. The lowest BCUT2D eigenvalue weighted by molar-refractivity contribution is -0.133. The molecule has 2 amide bonds. The van der Waals surface area contributed by atoms with Gasteiger partial charge in [-0.15, -0.1) is 0 Å². The fourth-order valence-electron chi connectivity index (χ4n) is 3.93. The van der Waals surface area contributed by atoms with Crippen molar-refractivity contribution in [2.75, 3.05) is 18.4 Å². The zero-order chi connectivity index (χ0) is 19.8. The van der Waals surface area contributed by atoms with Crippen LogP contribution in [-0.4, -0.2) is 41.4 Å². The molecule has 0 spiro atoms. The van der Waals surface area contributed by atoms with Gasteiger partial charge in [0.1, 0.15) is 17.7 Å². The van der Waals surface area contributed by atoms with Crippen molar-refractivity contribution in [1.82, 2.24) is 10.2 Å². The number of likely N-dealkylation sites (tertiary alicyclic amines) is 1. The van der Waals surface area contributed by atoms with E-state index in [2.05, 4.69) is 36.3 Å². The molecule has 2 aliphatic heterocycles. The Balaban J connectivity index is 1.70. The Kier molecular flexibility index (Phi) is 5.51. The van der Waals surface area contributed by atoms with E-state index in [1.54, 1.807) is 0 Å². The quantitative estimate of drug-likeness (QED) is 0.792. The second kappa shape index (κ2) is 7.54. The summed E-state index contributed by atoms with van der Waals surface area (Å²) in [4.78, 5) is 25.4. The number of amides is 2. The molecule has 2 aliphatic rings. The van der Waals surface area contributed by atoms with Gasteiger partial charge in [-0.2, -0.15) is 0 Å². The number of benzene rings is 1. The second-order valence-corrected chi connectivity index (χ2v) is 8.43. The summed E-state index contributed by atoms with van der Waals surface area (Å²) < 4.78 is 29.4. The van der Waals surface area contributed by atoms with Crippen LogP contribution in [0.5, 0.6) is 0 Å². The number of halogens is 2. The Morgan fingerprint density at radius 2 is 1.67 bits per heavy atom. The summed E-state index contributed by atoms with van der Waals surface area (Å²) in [7, 11) is 0. The highest BCUT2D eigenvalue weighted by molar-refractivity contribution is 6.01. The van der Waals surface area contributed by atoms with Crippen LogP contribution in [0.4, 0.5) is 14.5 Å². The van der Waals surface area contributed by atoms with Gasteiger partial charge in [-0.05, 0) is 71.2 Å². The zero-order valence-electron chi connectivity index (χ0n) is 16.1. The number of hydrogen-bond acceptors (Lipinski definition) is 4. The number of imide groups is 1. The van der Waals surface area contributed by atoms with Crippen LogP contribution in [0.1, 0.15) is 57.9 Å². The van der Waals surface area contributed by atoms with Crippen molar-refractivity contribution >= 4 is 17.5 Å². The van der Waals surface area contributed by atoms with Gasteiger partial charge in [0.2, 0.25) is 11.8 Å². The molecular weight excluding hydrogens is 352 g/mol. The Bertz CT molecular complexity index is 714. The Morgan fingerprint density at radius 3 is 2.19 bits per heavy atom. The minimum Gasteiger partial charge on any atom is -0.373 e. The lowest BCUT2D eigenvalue weighted by Gasteiger charge is -2.41. The summed E-state index contributed by atoms with van der Waals surface area (Å²) in [6.07, 6.45) is 1.94. The SMILES string of the molecule is CC(C)(C)N1CCC(c2c(F)cc(NC3CCC(=O)NC3=O)cc2F)CC1. The van der Waals surface area contributed by atoms with Gasteiger partial charge in [0.15, 0.2) is 0 Å². The summed E-state index contributed by atoms with van der Waals surface area (Å²) in [5.41, 5.74) is 0.408. The predicted molar refractivity (Wildman–Crippen MR) is 99.5 cm³/mol. The first kappa shape index (κ1) is 19.7. The number of carbonyl (C=O) groups is 2. The van der Waals surface area contributed by atoms with Crippen LogP contribution in [-0.2, 0) is 9.59 Å². The molecule has 1 aromatic rings. The molecule has 2 fully saturated rings. The van der Waals surface area contributed by atoms with Gasteiger partial charge >= 0.3 is 0 Å². The van der Waals surface area contributed by atoms with E-state index in [1.807, 2.05) is 0 Å². The monoisotopic (exact) mass is 379 g/mol. The molecular formula is C20H27F2N3O2. The van der Waals surface area contributed by atoms with Crippen molar-refractivity contribution in [3.05, 3.63) is 29.3 Å². The van der Waals surface area contributed by atoms with Crippen molar-refractivity contribution in [2.24, 2.45) is 0 Å². The molecule has 5 nitrogen and oxygen atoms in total. The van der Waals surface area contributed by atoms with E-state index in [1.165, 1.54) is 12.1 Å². The van der Waals surface area contributed by atoms with E-state index >= 15 is 0 Å². The molecule has 0 bridgehead atoms. The smallest absolute Gasteiger partial charge is 0.249 e. The summed E-state index contributed by atoms with van der Waals surface area (Å²) in [6, 6.07) is 1.83. The minimum absolute atomic E-state index is 0.0534.